The molecule has 9 heteroatoms. The van der Waals surface area contributed by atoms with Crippen molar-refractivity contribution in [2.45, 2.75) is 17.2 Å². The molecule has 0 fully saturated rings. The van der Waals surface area contributed by atoms with Crippen LogP contribution < -0.4 is 14.8 Å². The van der Waals surface area contributed by atoms with Gasteiger partial charge in [-0.2, -0.15) is 5.26 Å². The zero-order valence-electron chi connectivity index (χ0n) is 24.8. The van der Waals surface area contributed by atoms with Gasteiger partial charge in [-0.25, -0.2) is 4.98 Å². The Balaban J connectivity index is 1.40. The standard InChI is InChI=1S/C36H29N3O4S2/c1-23(35(41)38-26-13-11-25(12-14-26)33(40)18-16-28-10-7-19-44-28)45-36-31(22-37)30(21-32(39-36)24-8-5-4-6-9-24)29-17-15-27(42-2)20-34(29)43-3/h4-21,23H,1-3H3,(H,38,41). The van der Waals surface area contributed by atoms with Crippen LogP contribution in [0.2, 0.25) is 0 Å². The van der Waals surface area contributed by atoms with Gasteiger partial charge in [0.2, 0.25) is 5.91 Å². The summed E-state index contributed by atoms with van der Waals surface area (Å²) in [5.41, 5.74) is 4.27. The van der Waals surface area contributed by atoms with Gasteiger partial charge in [0.25, 0.3) is 0 Å². The molecule has 0 spiro atoms. The molecule has 1 atom stereocenters. The van der Waals surface area contributed by atoms with Crippen molar-refractivity contribution in [2.24, 2.45) is 0 Å². The van der Waals surface area contributed by atoms with Crippen molar-refractivity contribution in [1.82, 2.24) is 4.98 Å². The molecule has 0 saturated carbocycles. The van der Waals surface area contributed by atoms with Gasteiger partial charge in [-0.3, -0.25) is 9.59 Å². The average Bonchev–Trinajstić information content (AvgIpc) is 3.61. The molecule has 224 valence electrons. The van der Waals surface area contributed by atoms with Crippen LogP contribution in [0.1, 0.15) is 27.7 Å². The maximum absolute atomic E-state index is 13.3. The topological polar surface area (TPSA) is 101 Å². The number of aromatic nitrogens is 1. The Morgan fingerprint density at radius 2 is 1.73 bits per heavy atom. The minimum absolute atomic E-state index is 0.122. The lowest BCUT2D eigenvalue weighted by molar-refractivity contribution is -0.115. The zero-order chi connectivity index (χ0) is 31.8. The molecule has 0 radical (unpaired) electrons. The van der Waals surface area contributed by atoms with E-state index in [0.29, 0.717) is 50.2 Å². The predicted octanol–water partition coefficient (Wildman–Crippen LogP) is 8.38. The number of benzene rings is 3. The molecule has 0 aliphatic heterocycles. The maximum Gasteiger partial charge on any atom is 0.237 e. The molecular weight excluding hydrogens is 603 g/mol. The lowest BCUT2D eigenvalue weighted by Crippen LogP contribution is -2.22. The summed E-state index contributed by atoms with van der Waals surface area (Å²) in [6.45, 7) is 1.76. The maximum atomic E-state index is 13.3. The number of allylic oxidation sites excluding steroid dienone is 1. The van der Waals surface area contributed by atoms with Crippen LogP contribution in [0, 0.1) is 11.3 Å². The highest BCUT2D eigenvalue weighted by Gasteiger charge is 2.23. The third-order valence-electron chi connectivity index (χ3n) is 6.90. The van der Waals surface area contributed by atoms with Crippen molar-refractivity contribution in [3.05, 3.63) is 118 Å². The summed E-state index contributed by atoms with van der Waals surface area (Å²) in [5, 5.41) is 15.0. The molecule has 5 rings (SSSR count). The van der Waals surface area contributed by atoms with Crippen molar-refractivity contribution in [3.8, 4) is 40.0 Å². The minimum atomic E-state index is -0.601. The number of hydrogen-bond donors (Lipinski definition) is 1. The van der Waals surface area contributed by atoms with E-state index in [1.165, 1.54) is 17.8 Å². The lowest BCUT2D eigenvalue weighted by Gasteiger charge is -2.17. The third-order valence-corrected chi connectivity index (χ3v) is 8.83. The second kappa shape index (κ2) is 14.5. The zero-order valence-corrected chi connectivity index (χ0v) is 26.4. The molecule has 7 nitrogen and oxygen atoms in total. The molecule has 2 heterocycles. The molecule has 1 amide bonds. The van der Waals surface area contributed by atoms with Crippen LogP contribution in [-0.2, 0) is 4.79 Å². The molecule has 1 N–H and O–H groups in total. The smallest absolute Gasteiger partial charge is 0.237 e. The number of amides is 1. The number of nitriles is 1. The number of ketones is 1. The summed E-state index contributed by atoms with van der Waals surface area (Å²) < 4.78 is 11.0. The number of ether oxygens (including phenoxy) is 2. The number of carbonyl (C=O) groups is 2. The Kier molecular flexibility index (Phi) is 10.1. The van der Waals surface area contributed by atoms with Gasteiger partial charge in [0.15, 0.2) is 5.78 Å². The van der Waals surface area contributed by atoms with E-state index in [0.717, 1.165) is 10.4 Å². The second-order valence-corrected chi connectivity index (χ2v) is 12.1. The fourth-order valence-corrected chi connectivity index (χ4v) is 6.07. The van der Waals surface area contributed by atoms with E-state index in [2.05, 4.69) is 11.4 Å². The van der Waals surface area contributed by atoms with E-state index in [4.69, 9.17) is 14.5 Å². The normalized spacial score (nSPS) is 11.5. The van der Waals surface area contributed by atoms with Crippen LogP contribution in [0.5, 0.6) is 11.5 Å². The van der Waals surface area contributed by atoms with Gasteiger partial charge in [-0.1, -0.05) is 48.2 Å². The molecule has 0 saturated heterocycles. The summed E-state index contributed by atoms with van der Waals surface area (Å²) in [4.78, 5) is 31.7. The number of hydrogen-bond acceptors (Lipinski definition) is 8. The van der Waals surface area contributed by atoms with Crippen molar-refractivity contribution in [2.75, 3.05) is 19.5 Å². The lowest BCUT2D eigenvalue weighted by atomic mass is 9.98. The summed E-state index contributed by atoms with van der Waals surface area (Å²) in [6.07, 6.45) is 3.32. The first kappa shape index (κ1) is 31.3. The number of methoxy groups -OCH3 is 2. The first-order chi connectivity index (χ1) is 21.9. The summed E-state index contributed by atoms with van der Waals surface area (Å²) in [7, 11) is 3.14. The number of pyridine rings is 1. The first-order valence-corrected chi connectivity index (χ1v) is 15.7. The van der Waals surface area contributed by atoms with Crippen LogP contribution in [-0.4, -0.2) is 36.1 Å². The summed E-state index contributed by atoms with van der Waals surface area (Å²) in [6, 6.07) is 29.9. The summed E-state index contributed by atoms with van der Waals surface area (Å²) >= 11 is 2.76. The molecule has 0 aliphatic rings. The molecule has 0 aliphatic carbocycles. The number of thiophene rings is 1. The van der Waals surface area contributed by atoms with Gasteiger partial charge in [-0.05, 0) is 73.0 Å². The Hall–Kier alpha value is -5.17. The van der Waals surface area contributed by atoms with E-state index in [9.17, 15) is 14.9 Å². The Morgan fingerprint density at radius 3 is 2.40 bits per heavy atom. The highest BCUT2D eigenvalue weighted by atomic mass is 32.2. The Labute approximate surface area is 270 Å². The number of anilines is 1. The largest absolute Gasteiger partial charge is 0.497 e. The van der Waals surface area contributed by atoms with Crippen molar-refractivity contribution < 1.29 is 19.1 Å². The van der Waals surface area contributed by atoms with Gasteiger partial charge in [0.05, 0.1) is 30.7 Å². The number of nitrogens with one attached hydrogen (secondary N) is 1. The highest BCUT2D eigenvalue weighted by molar-refractivity contribution is 8.00. The van der Waals surface area contributed by atoms with Crippen LogP contribution in [0.4, 0.5) is 5.69 Å². The quantitative estimate of drug-likeness (QED) is 0.0888. The fraction of sp³-hybridized carbons (Fsp3) is 0.111. The minimum Gasteiger partial charge on any atom is -0.497 e. The van der Waals surface area contributed by atoms with Crippen molar-refractivity contribution >= 4 is 46.6 Å². The van der Waals surface area contributed by atoms with Gasteiger partial charge in [0.1, 0.15) is 22.6 Å². The van der Waals surface area contributed by atoms with E-state index in [1.807, 2.05) is 66.0 Å². The number of thioether (sulfide) groups is 1. The fourth-order valence-electron chi connectivity index (χ4n) is 4.53. The highest BCUT2D eigenvalue weighted by Crippen LogP contribution is 2.40. The van der Waals surface area contributed by atoms with E-state index >= 15 is 0 Å². The van der Waals surface area contributed by atoms with Gasteiger partial charge < -0.3 is 14.8 Å². The molecule has 1 unspecified atom stereocenters. The number of rotatable bonds is 11. The molecule has 3 aromatic carbocycles. The molecule has 0 bridgehead atoms. The molecular formula is C36H29N3O4S2. The van der Waals surface area contributed by atoms with Crippen LogP contribution in [0.25, 0.3) is 28.5 Å². The Morgan fingerprint density at radius 1 is 0.956 bits per heavy atom. The SMILES string of the molecule is COc1ccc(-c2cc(-c3ccccc3)nc(SC(C)C(=O)Nc3ccc(C(=O)C=Cc4cccs4)cc3)c2C#N)c(OC)c1. The molecule has 2 aromatic heterocycles. The average molecular weight is 632 g/mol. The predicted molar refractivity (Wildman–Crippen MR) is 181 cm³/mol. The second-order valence-electron chi connectivity index (χ2n) is 9.82. The third kappa shape index (κ3) is 7.50. The van der Waals surface area contributed by atoms with E-state index in [1.54, 1.807) is 68.9 Å². The van der Waals surface area contributed by atoms with Gasteiger partial charge in [0, 0.05) is 38.9 Å². The van der Waals surface area contributed by atoms with Crippen LogP contribution in [0.3, 0.4) is 0 Å². The van der Waals surface area contributed by atoms with E-state index in [-0.39, 0.29) is 11.7 Å². The number of carbonyl (C=O) groups excluding carboxylic acids is 2. The molecule has 45 heavy (non-hydrogen) atoms. The van der Waals surface area contributed by atoms with Crippen molar-refractivity contribution in [3.63, 3.8) is 0 Å². The first-order valence-electron chi connectivity index (χ1n) is 14.0. The number of nitrogens with zero attached hydrogens (tertiary/aromatic N) is 2. The summed E-state index contributed by atoms with van der Waals surface area (Å²) in [5.74, 6) is 0.777. The van der Waals surface area contributed by atoms with Crippen LogP contribution >= 0.6 is 23.1 Å². The van der Waals surface area contributed by atoms with Gasteiger partial charge in [-0.15, -0.1) is 11.3 Å². The molecule has 5 aromatic rings. The monoisotopic (exact) mass is 631 g/mol. The Bertz CT molecular complexity index is 1880. The van der Waals surface area contributed by atoms with Crippen molar-refractivity contribution in [1.29, 1.82) is 5.26 Å². The van der Waals surface area contributed by atoms with Gasteiger partial charge >= 0.3 is 0 Å². The van der Waals surface area contributed by atoms with Crippen LogP contribution in [0.15, 0.2) is 107 Å². The van der Waals surface area contributed by atoms with E-state index < -0.39 is 5.25 Å².